The van der Waals surface area contributed by atoms with Crippen molar-refractivity contribution in [2.45, 2.75) is 39.5 Å². The van der Waals surface area contributed by atoms with Crippen molar-refractivity contribution in [1.29, 1.82) is 0 Å². The van der Waals surface area contributed by atoms with Crippen molar-refractivity contribution in [1.82, 2.24) is 9.38 Å². The summed E-state index contributed by atoms with van der Waals surface area (Å²) in [5.74, 6) is 0.855. The first-order valence-corrected chi connectivity index (χ1v) is 11.9. The SMILES string of the molecule is CC(C)c1cccc(C(C)C)c1-c1cnc2c3ccccc3c3cc4ccccc4cc3n12. The summed E-state index contributed by atoms with van der Waals surface area (Å²) in [6, 6.07) is 28.8. The molecule has 0 saturated heterocycles. The van der Waals surface area contributed by atoms with Crippen LogP contribution in [0.3, 0.4) is 0 Å². The maximum absolute atomic E-state index is 5.02. The van der Waals surface area contributed by atoms with Gasteiger partial charge in [0.2, 0.25) is 0 Å². The van der Waals surface area contributed by atoms with E-state index < -0.39 is 0 Å². The van der Waals surface area contributed by atoms with Gasteiger partial charge in [0.1, 0.15) is 5.65 Å². The number of rotatable bonds is 3. The Kier molecular flexibility index (Phi) is 4.51. The molecule has 0 fully saturated rings. The third-order valence-corrected chi connectivity index (χ3v) is 6.95. The van der Waals surface area contributed by atoms with Crippen LogP contribution in [0.1, 0.15) is 50.7 Å². The van der Waals surface area contributed by atoms with E-state index in [1.54, 1.807) is 0 Å². The Labute approximate surface area is 194 Å². The first-order chi connectivity index (χ1) is 16.0. The van der Waals surface area contributed by atoms with E-state index in [9.17, 15) is 0 Å². The van der Waals surface area contributed by atoms with Crippen LogP contribution < -0.4 is 0 Å². The van der Waals surface area contributed by atoms with E-state index in [-0.39, 0.29) is 0 Å². The fourth-order valence-electron chi connectivity index (χ4n) is 5.35. The van der Waals surface area contributed by atoms with Crippen molar-refractivity contribution in [3.8, 4) is 11.3 Å². The van der Waals surface area contributed by atoms with Crippen LogP contribution >= 0.6 is 0 Å². The Morgan fingerprint density at radius 2 is 1.24 bits per heavy atom. The zero-order chi connectivity index (χ0) is 22.7. The van der Waals surface area contributed by atoms with Crippen molar-refractivity contribution in [2.24, 2.45) is 0 Å². The zero-order valence-electron chi connectivity index (χ0n) is 19.6. The predicted molar refractivity (Wildman–Crippen MR) is 141 cm³/mol. The highest BCUT2D eigenvalue weighted by Gasteiger charge is 2.21. The molecule has 2 aromatic heterocycles. The summed E-state index contributed by atoms with van der Waals surface area (Å²) >= 11 is 0. The van der Waals surface area contributed by atoms with E-state index in [1.165, 1.54) is 54.8 Å². The average molecular weight is 429 g/mol. The highest BCUT2D eigenvalue weighted by atomic mass is 15.0. The molecule has 0 aliphatic heterocycles. The van der Waals surface area contributed by atoms with Crippen LogP contribution in [0.4, 0.5) is 0 Å². The van der Waals surface area contributed by atoms with Crippen LogP contribution in [0.2, 0.25) is 0 Å². The molecule has 6 rings (SSSR count). The number of aromatic nitrogens is 2. The van der Waals surface area contributed by atoms with Gasteiger partial charge in [-0.05, 0) is 51.3 Å². The van der Waals surface area contributed by atoms with Gasteiger partial charge in [0, 0.05) is 16.3 Å². The summed E-state index contributed by atoms with van der Waals surface area (Å²) in [4.78, 5) is 5.02. The molecule has 4 aromatic carbocycles. The van der Waals surface area contributed by atoms with Crippen LogP contribution in [0.25, 0.3) is 49.4 Å². The molecule has 6 aromatic rings. The molecule has 0 amide bonds. The Morgan fingerprint density at radius 3 is 1.91 bits per heavy atom. The third-order valence-electron chi connectivity index (χ3n) is 6.95. The summed E-state index contributed by atoms with van der Waals surface area (Å²) in [6.45, 7) is 9.14. The lowest BCUT2D eigenvalue weighted by molar-refractivity contribution is 0.836. The van der Waals surface area contributed by atoms with Gasteiger partial charge in [-0.15, -0.1) is 0 Å². The van der Waals surface area contributed by atoms with Gasteiger partial charge in [0.15, 0.2) is 0 Å². The fraction of sp³-hybridized carbons (Fsp3) is 0.194. The van der Waals surface area contributed by atoms with Gasteiger partial charge in [0.05, 0.1) is 17.4 Å². The third kappa shape index (κ3) is 2.97. The zero-order valence-corrected chi connectivity index (χ0v) is 19.6. The van der Waals surface area contributed by atoms with E-state index in [0.29, 0.717) is 11.8 Å². The summed E-state index contributed by atoms with van der Waals surface area (Å²) in [5, 5.41) is 6.23. The number of pyridine rings is 1. The highest BCUT2D eigenvalue weighted by molar-refractivity contribution is 6.15. The maximum Gasteiger partial charge on any atom is 0.145 e. The van der Waals surface area contributed by atoms with Gasteiger partial charge in [-0.3, -0.25) is 4.40 Å². The molecular formula is C31H28N2. The maximum atomic E-state index is 5.02. The molecular weight excluding hydrogens is 400 g/mol. The Balaban J connectivity index is 1.86. The molecule has 0 unspecified atom stereocenters. The smallest absolute Gasteiger partial charge is 0.145 e. The van der Waals surface area contributed by atoms with E-state index in [4.69, 9.17) is 4.98 Å². The van der Waals surface area contributed by atoms with Crippen molar-refractivity contribution >= 4 is 38.1 Å². The molecule has 0 saturated carbocycles. The standard InChI is InChI=1S/C31H28N2/c1-19(2)23-14-9-15-24(20(3)4)30(23)29-18-32-31-26-13-8-7-12-25(26)27-16-21-10-5-6-11-22(21)17-28(27)33(29)31/h5-20H,1-4H3. The molecule has 0 bridgehead atoms. The second-order valence-corrected chi connectivity index (χ2v) is 9.69. The molecule has 2 nitrogen and oxygen atoms in total. The molecule has 33 heavy (non-hydrogen) atoms. The molecule has 0 N–H and O–H groups in total. The Bertz CT molecular complexity index is 1640. The Hall–Kier alpha value is -3.65. The van der Waals surface area contributed by atoms with Gasteiger partial charge < -0.3 is 0 Å². The van der Waals surface area contributed by atoms with Gasteiger partial charge in [-0.25, -0.2) is 4.98 Å². The molecule has 2 heteroatoms. The topological polar surface area (TPSA) is 17.3 Å². The average Bonchev–Trinajstić information content (AvgIpc) is 3.28. The monoisotopic (exact) mass is 428 g/mol. The minimum absolute atomic E-state index is 0.428. The lowest BCUT2D eigenvalue weighted by atomic mass is 9.87. The van der Waals surface area contributed by atoms with Gasteiger partial charge in [0.25, 0.3) is 0 Å². The Morgan fingerprint density at radius 1 is 0.636 bits per heavy atom. The number of imidazole rings is 1. The van der Waals surface area contributed by atoms with Crippen LogP contribution in [0.15, 0.2) is 85.1 Å². The van der Waals surface area contributed by atoms with E-state index in [2.05, 4.69) is 117 Å². The molecule has 0 spiro atoms. The lowest BCUT2D eigenvalue weighted by Gasteiger charge is -2.20. The molecule has 0 radical (unpaired) electrons. The summed E-state index contributed by atoms with van der Waals surface area (Å²) in [5.41, 5.74) is 7.51. The first kappa shape index (κ1) is 20.0. The largest absolute Gasteiger partial charge is 0.292 e. The van der Waals surface area contributed by atoms with Crippen molar-refractivity contribution in [3.05, 3.63) is 96.2 Å². The number of hydrogen-bond donors (Lipinski definition) is 0. The normalized spacial score (nSPS) is 12.2. The van der Waals surface area contributed by atoms with Crippen LogP contribution in [-0.4, -0.2) is 9.38 Å². The minimum atomic E-state index is 0.428. The van der Waals surface area contributed by atoms with E-state index in [1.807, 2.05) is 0 Å². The van der Waals surface area contributed by atoms with Gasteiger partial charge >= 0.3 is 0 Å². The second kappa shape index (κ2) is 7.45. The lowest BCUT2D eigenvalue weighted by Crippen LogP contribution is -2.02. The number of hydrogen-bond acceptors (Lipinski definition) is 1. The van der Waals surface area contributed by atoms with Crippen LogP contribution in [0.5, 0.6) is 0 Å². The van der Waals surface area contributed by atoms with Crippen LogP contribution in [0, 0.1) is 0 Å². The highest BCUT2D eigenvalue weighted by Crippen LogP contribution is 2.40. The van der Waals surface area contributed by atoms with Crippen molar-refractivity contribution < 1.29 is 0 Å². The summed E-state index contributed by atoms with van der Waals surface area (Å²) in [6.07, 6.45) is 2.09. The van der Waals surface area contributed by atoms with Gasteiger partial charge in [-0.1, -0.05) is 94.4 Å². The fourth-order valence-corrected chi connectivity index (χ4v) is 5.35. The minimum Gasteiger partial charge on any atom is -0.292 e. The molecule has 0 aliphatic carbocycles. The molecule has 2 heterocycles. The van der Waals surface area contributed by atoms with Gasteiger partial charge in [-0.2, -0.15) is 0 Å². The quantitative estimate of drug-likeness (QED) is 0.203. The molecule has 0 atom stereocenters. The first-order valence-electron chi connectivity index (χ1n) is 11.9. The number of fused-ring (bicyclic) bond motifs is 7. The molecule has 0 aliphatic rings. The van der Waals surface area contributed by atoms with Crippen LogP contribution in [-0.2, 0) is 0 Å². The van der Waals surface area contributed by atoms with E-state index in [0.717, 1.165) is 5.65 Å². The van der Waals surface area contributed by atoms with Crippen molar-refractivity contribution in [2.75, 3.05) is 0 Å². The summed E-state index contributed by atoms with van der Waals surface area (Å²) < 4.78 is 2.40. The van der Waals surface area contributed by atoms with Crippen molar-refractivity contribution in [3.63, 3.8) is 0 Å². The van der Waals surface area contributed by atoms with E-state index >= 15 is 0 Å². The predicted octanol–water partition coefficient (Wildman–Crippen LogP) is 8.71. The number of benzene rings is 4. The number of nitrogens with zero attached hydrogens (tertiary/aromatic N) is 2. The second-order valence-electron chi connectivity index (χ2n) is 9.69. The molecule has 162 valence electrons. The summed E-state index contributed by atoms with van der Waals surface area (Å²) in [7, 11) is 0.